The summed E-state index contributed by atoms with van der Waals surface area (Å²) in [6.07, 6.45) is 1.76. The predicted octanol–water partition coefficient (Wildman–Crippen LogP) is 4.91. The molecule has 4 nitrogen and oxygen atoms in total. The van der Waals surface area contributed by atoms with Crippen LogP contribution in [0.15, 0.2) is 79.0 Å². The van der Waals surface area contributed by atoms with Gasteiger partial charge in [-0.25, -0.2) is 4.68 Å². The fourth-order valence-electron chi connectivity index (χ4n) is 3.38. The second-order valence-electron chi connectivity index (χ2n) is 6.56. The lowest BCUT2D eigenvalue weighted by atomic mass is 10.1. The molecule has 0 aliphatic heterocycles. The van der Waals surface area contributed by atoms with E-state index in [0.717, 1.165) is 32.4 Å². The van der Waals surface area contributed by atoms with Crippen LogP contribution < -0.4 is 0 Å². The maximum Gasteiger partial charge on any atom is 0.0938 e. The molecule has 0 aliphatic rings. The maximum atomic E-state index is 10.7. The molecule has 0 radical (unpaired) electrons. The Kier molecular flexibility index (Phi) is 3.96. The van der Waals surface area contributed by atoms with Crippen LogP contribution in [0.1, 0.15) is 16.7 Å². The molecule has 0 fully saturated rings. The SMILES string of the molecule is OC(Cc1cn(-c2cccc3ccccc23)nn1)c1cc2ccccc2s1. The zero-order chi connectivity index (χ0) is 18.2. The van der Waals surface area contributed by atoms with E-state index in [9.17, 15) is 5.11 Å². The van der Waals surface area contributed by atoms with Gasteiger partial charge in [0.2, 0.25) is 0 Å². The minimum Gasteiger partial charge on any atom is -0.387 e. The van der Waals surface area contributed by atoms with Crippen LogP contribution in [0, 0.1) is 0 Å². The number of aliphatic hydroxyl groups is 1. The van der Waals surface area contributed by atoms with E-state index in [4.69, 9.17) is 0 Å². The van der Waals surface area contributed by atoms with Crippen LogP contribution in [0.3, 0.4) is 0 Å². The van der Waals surface area contributed by atoms with Gasteiger partial charge in [-0.15, -0.1) is 16.4 Å². The average Bonchev–Trinajstić information content (AvgIpc) is 3.34. The molecule has 1 atom stereocenters. The van der Waals surface area contributed by atoms with Gasteiger partial charge in [0.15, 0.2) is 0 Å². The maximum absolute atomic E-state index is 10.7. The highest BCUT2D eigenvalue weighted by molar-refractivity contribution is 7.19. The number of hydrogen-bond donors (Lipinski definition) is 1. The summed E-state index contributed by atoms with van der Waals surface area (Å²) in [5.41, 5.74) is 1.76. The quantitative estimate of drug-likeness (QED) is 0.488. The number of aliphatic hydroxyl groups excluding tert-OH is 1. The molecular weight excluding hydrogens is 354 g/mol. The van der Waals surface area contributed by atoms with Crippen LogP contribution in [0.4, 0.5) is 0 Å². The Morgan fingerprint density at radius 3 is 2.59 bits per heavy atom. The number of benzene rings is 3. The summed E-state index contributed by atoms with van der Waals surface area (Å²) in [5.74, 6) is 0. The summed E-state index contributed by atoms with van der Waals surface area (Å²) in [4.78, 5) is 0.955. The van der Waals surface area contributed by atoms with E-state index in [1.165, 1.54) is 4.70 Å². The molecule has 0 bridgehead atoms. The Morgan fingerprint density at radius 1 is 0.926 bits per heavy atom. The van der Waals surface area contributed by atoms with Crippen molar-refractivity contribution < 1.29 is 5.11 Å². The zero-order valence-corrected chi connectivity index (χ0v) is 15.3. The fraction of sp³-hybridized carbons (Fsp3) is 0.0909. The van der Waals surface area contributed by atoms with Gasteiger partial charge >= 0.3 is 0 Å². The van der Waals surface area contributed by atoms with E-state index >= 15 is 0 Å². The van der Waals surface area contributed by atoms with Crippen LogP contribution in [-0.4, -0.2) is 20.1 Å². The van der Waals surface area contributed by atoms with Gasteiger partial charge in [-0.2, -0.15) is 0 Å². The molecule has 0 saturated carbocycles. The molecule has 0 aliphatic carbocycles. The third-order valence-electron chi connectivity index (χ3n) is 4.73. The highest BCUT2D eigenvalue weighted by Crippen LogP contribution is 2.31. The first-order valence-corrected chi connectivity index (χ1v) is 9.65. The van der Waals surface area contributed by atoms with Gasteiger partial charge in [-0.1, -0.05) is 59.8 Å². The third-order valence-corrected chi connectivity index (χ3v) is 5.95. The molecule has 2 aromatic heterocycles. The normalized spacial score (nSPS) is 12.6. The van der Waals surface area contributed by atoms with Crippen molar-refractivity contribution in [1.82, 2.24) is 15.0 Å². The highest BCUT2D eigenvalue weighted by atomic mass is 32.1. The van der Waals surface area contributed by atoms with Gasteiger partial charge < -0.3 is 5.11 Å². The molecule has 0 saturated heterocycles. The molecule has 1 N–H and O–H groups in total. The number of thiophene rings is 1. The van der Waals surface area contributed by atoms with E-state index < -0.39 is 6.10 Å². The number of rotatable bonds is 4. The van der Waals surface area contributed by atoms with E-state index in [2.05, 4.69) is 46.7 Å². The number of fused-ring (bicyclic) bond motifs is 2. The predicted molar refractivity (Wildman–Crippen MR) is 109 cm³/mol. The molecule has 1 unspecified atom stereocenters. The van der Waals surface area contributed by atoms with Crippen molar-refractivity contribution in [2.75, 3.05) is 0 Å². The third kappa shape index (κ3) is 3.01. The molecular formula is C22H17N3OS. The van der Waals surface area contributed by atoms with Crippen LogP contribution >= 0.6 is 11.3 Å². The van der Waals surface area contributed by atoms with Crippen molar-refractivity contribution in [2.24, 2.45) is 0 Å². The first kappa shape index (κ1) is 16.2. The van der Waals surface area contributed by atoms with Crippen LogP contribution in [0.5, 0.6) is 0 Å². The smallest absolute Gasteiger partial charge is 0.0938 e. The lowest BCUT2D eigenvalue weighted by Crippen LogP contribution is -1.99. The summed E-state index contributed by atoms with van der Waals surface area (Å²) in [7, 11) is 0. The standard InChI is InChI=1S/C22H17N3OS/c26-20(22-12-16-7-2-4-11-21(16)27-22)13-17-14-25(24-23-17)19-10-5-8-15-6-1-3-9-18(15)19/h1-12,14,20,26H,13H2. The Bertz CT molecular complexity index is 1200. The molecule has 5 rings (SSSR count). The van der Waals surface area contributed by atoms with Crippen molar-refractivity contribution in [3.63, 3.8) is 0 Å². The molecule has 0 spiro atoms. The van der Waals surface area contributed by atoms with Crippen molar-refractivity contribution >= 4 is 32.2 Å². The number of nitrogens with zero attached hydrogens (tertiary/aromatic N) is 3. The monoisotopic (exact) mass is 371 g/mol. The van der Waals surface area contributed by atoms with Crippen molar-refractivity contribution in [3.05, 3.63) is 89.6 Å². The van der Waals surface area contributed by atoms with E-state index in [-0.39, 0.29) is 0 Å². The van der Waals surface area contributed by atoms with Crippen molar-refractivity contribution in [2.45, 2.75) is 12.5 Å². The van der Waals surface area contributed by atoms with Crippen LogP contribution in [-0.2, 0) is 6.42 Å². The summed E-state index contributed by atoms with van der Waals surface area (Å²) < 4.78 is 2.97. The van der Waals surface area contributed by atoms with Crippen molar-refractivity contribution in [1.29, 1.82) is 0 Å². The Balaban J connectivity index is 1.43. The van der Waals surface area contributed by atoms with Gasteiger partial charge in [0.25, 0.3) is 0 Å². The molecule has 27 heavy (non-hydrogen) atoms. The zero-order valence-electron chi connectivity index (χ0n) is 14.5. The van der Waals surface area contributed by atoms with Crippen LogP contribution in [0.2, 0.25) is 0 Å². The van der Waals surface area contributed by atoms with Gasteiger partial charge in [0, 0.05) is 21.4 Å². The topological polar surface area (TPSA) is 50.9 Å². The second-order valence-corrected chi connectivity index (χ2v) is 7.67. The summed E-state index contributed by atoms with van der Waals surface area (Å²) in [5, 5.41) is 22.7. The van der Waals surface area contributed by atoms with Gasteiger partial charge in [-0.3, -0.25) is 0 Å². The highest BCUT2D eigenvalue weighted by Gasteiger charge is 2.15. The summed E-state index contributed by atoms with van der Waals surface area (Å²) in [6.45, 7) is 0. The largest absolute Gasteiger partial charge is 0.387 e. The first-order chi connectivity index (χ1) is 13.3. The molecule has 132 valence electrons. The molecule has 2 heterocycles. The van der Waals surface area contributed by atoms with Gasteiger partial charge in [0.05, 0.1) is 23.7 Å². The van der Waals surface area contributed by atoms with E-state index in [1.807, 2.05) is 42.6 Å². The Morgan fingerprint density at radius 2 is 1.70 bits per heavy atom. The summed E-state index contributed by atoms with van der Waals surface area (Å²) >= 11 is 1.62. The molecule has 0 amide bonds. The molecule has 5 aromatic rings. The summed E-state index contributed by atoms with van der Waals surface area (Å²) in [6, 6.07) is 24.6. The van der Waals surface area contributed by atoms with Gasteiger partial charge in [0.1, 0.15) is 0 Å². The Labute approximate surface area is 160 Å². The second kappa shape index (κ2) is 6.61. The molecule has 3 aromatic carbocycles. The molecule has 5 heteroatoms. The van der Waals surface area contributed by atoms with Crippen LogP contribution in [0.25, 0.3) is 26.5 Å². The van der Waals surface area contributed by atoms with Crippen molar-refractivity contribution in [3.8, 4) is 5.69 Å². The average molecular weight is 371 g/mol. The minimum absolute atomic E-state index is 0.442. The number of hydrogen-bond acceptors (Lipinski definition) is 4. The first-order valence-electron chi connectivity index (χ1n) is 8.84. The fourth-order valence-corrected chi connectivity index (χ4v) is 4.43. The van der Waals surface area contributed by atoms with E-state index in [1.54, 1.807) is 16.0 Å². The Hall–Kier alpha value is -3.02. The number of aromatic nitrogens is 3. The minimum atomic E-state index is -0.583. The van der Waals surface area contributed by atoms with Gasteiger partial charge in [-0.05, 0) is 29.0 Å². The lowest BCUT2D eigenvalue weighted by Gasteiger charge is -2.06. The lowest BCUT2D eigenvalue weighted by molar-refractivity contribution is 0.181. The van der Waals surface area contributed by atoms with E-state index in [0.29, 0.717) is 6.42 Å².